The third kappa shape index (κ3) is 0.980. The van der Waals surface area contributed by atoms with Crippen molar-refractivity contribution in [3.8, 4) is 0 Å². The zero-order chi connectivity index (χ0) is 9.16. The molecule has 0 spiro atoms. The summed E-state index contributed by atoms with van der Waals surface area (Å²) in [6, 6.07) is 0. The molecule has 0 aromatic rings. The van der Waals surface area contributed by atoms with Crippen molar-refractivity contribution in [2.45, 2.75) is 40.0 Å². The molecule has 0 heterocycles. The van der Waals surface area contributed by atoms with Crippen molar-refractivity contribution >= 4 is 0 Å². The average Bonchev–Trinajstić information content (AvgIpc) is 2.61. The summed E-state index contributed by atoms with van der Waals surface area (Å²) in [5.74, 6) is 7.70. The number of fused-ring (bicyclic) bond motifs is 3. The monoisotopic (exact) mass is 178 g/mol. The highest BCUT2D eigenvalue weighted by Crippen LogP contribution is 2.66. The first-order valence-corrected chi connectivity index (χ1v) is 6.20. The summed E-state index contributed by atoms with van der Waals surface area (Å²) in [7, 11) is 0. The van der Waals surface area contributed by atoms with Gasteiger partial charge >= 0.3 is 0 Å². The zero-order valence-corrected chi connectivity index (χ0v) is 9.16. The van der Waals surface area contributed by atoms with Crippen LogP contribution in [-0.2, 0) is 0 Å². The molecule has 7 unspecified atom stereocenters. The molecule has 3 saturated carbocycles. The van der Waals surface area contributed by atoms with Crippen LogP contribution in [0.5, 0.6) is 0 Å². The van der Waals surface area contributed by atoms with Gasteiger partial charge < -0.3 is 0 Å². The standard InChI is InChI=1S/C13H22/c1-7-4-5-10-6-8(2)11-9(3)13(11)12(7)10/h7-13H,4-6H2,1-3H3. The minimum Gasteiger partial charge on any atom is -0.0622 e. The highest BCUT2D eigenvalue weighted by atomic mass is 14.6. The van der Waals surface area contributed by atoms with Crippen LogP contribution in [0.2, 0.25) is 0 Å². The molecule has 0 saturated heterocycles. The first kappa shape index (κ1) is 8.32. The molecular weight excluding hydrogens is 156 g/mol. The molecule has 0 radical (unpaired) electrons. The van der Waals surface area contributed by atoms with Crippen molar-refractivity contribution in [3.63, 3.8) is 0 Å². The summed E-state index contributed by atoms with van der Waals surface area (Å²) >= 11 is 0. The molecule has 74 valence electrons. The molecule has 0 bridgehead atoms. The lowest BCUT2D eigenvalue weighted by molar-refractivity contribution is 0.176. The van der Waals surface area contributed by atoms with Crippen LogP contribution in [0.4, 0.5) is 0 Å². The van der Waals surface area contributed by atoms with E-state index in [1.165, 1.54) is 6.42 Å². The number of hydrogen-bond donors (Lipinski definition) is 0. The van der Waals surface area contributed by atoms with Gasteiger partial charge in [0.15, 0.2) is 0 Å². The van der Waals surface area contributed by atoms with Gasteiger partial charge in [-0.05, 0) is 54.3 Å². The van der Waals surface area contributed by atoms with Crippen LogP contribution in [0.1, 0.15) is 40.0 Å². The minimum absolute atomic E-state index is 1.05. The molecular formula is C13H22. The van der Waals surface area contributed by atoms with Crippen molar-refractivity contribution in [2.24, 2.45) is 41.4 Å². The van der Waals surface area contributed by atoms with Crippen LogP contribution in [0.25, 0.3) is 0 Å². The Hall–Kier alpha value is 0. The molecule has 0 aliphatic heterocycles. The van der Waals surface area contributed by atoms with Crippen molar-refractivity contribution in [3.05, 3.63) is 0 Å². The molecule has 0 N–H and O–H groups in total. The van der Waals surface area contributed by atoms with Gasteiger partial charge in [-0.25, -0.2) is 0 Å². The lowest BCUT2D eigenvalue weighted by atomic mass is 9.74. The molecule has 0 aromatic heterocycles. The summed E-state index contributed by atoms with van der Waals surface area (Å²) in [5, 5.41) is 0. The van der Waals surface area contributed by atoms with Crippen LogP contribution in [-0.4, -0.2) is 0 Å². The highest BCUT2D eigenvalue weighted by molar-refractivity contribution is 5.08. The van der Waals surface area contributed by atoms with Gasteiger partial charge in [-0.1, -0.05) is 27.2 Å². The molecule has 0 amide bonds. The molecule has 7 atom stereocenters. The highest BCUT2D eigenvalue weighted by Gasteiger charge is 2.60. The smallest absolute Gasteiger partial charge is 0.0318 e. The Morgan fingerprint density at radius 1 is 0.769 bits per heavy atom. The first-order valence-electron chi connectivity index (χ1n) is 6.20. The zero-order valence-electron chi connectivity index (χ0n) is 9.16. The Balaban J connectivity index is 1.85. The van der Waals surface area contributed by atoms with Crippen molar-refractivity contribution in [1.82, 2.24) is 0 Å². The van der Waals surface area contributed by atoms with Gasteiger partial charge in [0.1, 0.15) is 0 Å². The molecule has 3 rings (SSSR count). The predicted octanol–water partition coefficient (Wildman–Crippen LogP) is 3.57. The number of rotatable bonds is 0. The van der Waals surface area contributed by atoms with E-state index in [-0.39, 0.29) is 0 Å². The van der Waals surface area contributed by atoms with Gasteiger partial charge in [0.2, 0.25) is 0 Å². The van der Waals surface area contributed by atoms with Crippen LogP contribution < -0.4 is 0 Å². The number of hydrogen-bond acceptors (Lipinski definition) is 0. The fourth-order valence-electron chi connectivity index (χ4n) is 4.96. The fraction of sp³-hybridized carbons (Fsp3) is 1.00. The van der Waals surface area contributed by atoms with E-state index in [9.17, 15) is 0 Å². The van der Waals surface area contributed by atoms with E-state index < -0.39 is 0 Å². The Kier molecular flexibility index (Phi) is 1.61. The van der Waals surface area contributed by atoms with Gasteiger partial charge in [0, 0.05) is 0 Å². The molecule has 13 heavy (non-hydrogen) atoms. The Morgan fingerprint density at radius 2 is 1.54 bits per heavy atom. The topological polar surface area (TPSA) is 0 Å². The van der Waals surface area contributed by atoms with Crippen molar-refractivity contribution in [1.29, 1.82) is 0 Å². The van der Waals surface area contributed by atoms with E-state index >= 15 is 0 Å². The van der Waals surface area contributed by atoms with Gasteiger partial charge in [-0.2, -0.15) is 0 Å². The normalized spacial score (nSPS) is 64.4. The summed E-state index contributed by atoms with van der Waals surface area (Å²) in [5.41, 5.74) is 0. The molecule has 3 aliphatic rings. The van der Waals surface area contributed by atoms with E-state index in [1.807, 2.05) is 0 Å². The maximum absolute atomic E-state index is 2.50. The second-order valence-electron chi connectivity index (χ2n) is 6.12. The SMILES string of the molecule is CC1CCC2CC(C)C3C(C)C3C12. The van der Waals surface area contributed by atoms with Crippen LogP contribution >= 0.6 is 0 Å². The summed E-state index contributed by atoms with van der Waals surface area (Å²) in [4.78, 5) is 0. The van der Waals surface area contributed by atoms with E-state index in [0.717, 1.165) is 41.4 Å². The van der Waals surface area contributed by atoms with E-state index in [0.29, 0.717) is 0 Å². The fourth-order valence-corrected chi connectivity index (χ4v) is 4.96. The quantitative estimate of drug-likeness (QED) is 0.532. The Labute approximate surface area is 82.1 Å². The summed E-state index contributed by atoms with van der Waals surface area (Å²) in [6.45, 7) is 7.50. The van der Waals surface area contributed by atoms with Gasteiger partial charge in [0.05, 0.1) is 0 Å². The van der Waals surface area contributed by atoms with Gasteiger partial charge in [-0.3, -0.25) is 0 Å². The van der Waals surface area contributed by atoms with Crippen LogP contribution in [0, 0.1) is 41.4 Å². The maximum atomic E-state index is 2.50. The third-order valence-electron chi connectivity index (χ3n) is 5.49. The minimum atomic E-state index is 1.05. The van der Waals surface area contributed by atoms with Gasteiger partial charge in [0.25, 0.3) is 0 Å². The Bertz CT molecular complexity index is 220. The molecule has 0 nitrogen and oxygen atoms in total. The molecule has 3 aliphatic carbocycles. The van der Waals surface area contributed by atoms with E-state index in [4.69, 9.17) is 0 Å². The second-order valence-corrected chi connectivity index (χ2v) is 6.12. The third-order valence-corrected chi connectivity index (χ3v) is 5.49. The van der Waals surface area contributed by atoms with Gasteiger partial charge in [-0.15, -0.1) is 0 Å². The van der Waals surface area contributed by atoms with Crippen LogP contribution in [0.15, 0.2) is 0 Å². The van der Waals surface area contributed by atoms with E-state index in [1.54, 1.807) is 12.8 Å². The first-order chi connectivity index (χ1) is 6.20. The molecule has 0 heteroatoms. The lowest BCUT2D eigenvalue weighted by Crippen LogP contribution is -2.24. The summed E-state index contributed by atoms with van der Waals surface area (Å²) < 4.78 is 0. The largest absolute Gasteiger partial charge is 0.0622 e. The second kappa shape index (κ2) is 2.52. The predicted molar refractivity (Wildman–Crippen MR) is 55.3 cm³/mol. The molecule has 0 aromatic carbocycles. The summed E-state index contributed by atoms with van der Waals surface area (Å²) in [6.07, 6.45) is 4.63. The Morgan fingerprint density at radius 3 is 2.31 bits per heavy atom. The maximum Gasteiger partial charge on any atom is -0.0318 e. The molecule has 3 fully saturated rings. The van der Waals surface area contributed by atoms with Crippen molar-refractivity contribution in [2.75, 3.05) is 0 Å². The average molecular weight is 178 g/mol. The van der Waals surface area contributed by atoms with E-state index in [2.05, 4.69) is 20.8 Å². The van der Waals surface area contributed by atoms with Crippen LogP contribution in [0.3, 0.4) is 0 Å². The lowest BCUT2D eigenvalue weighted by Gasteiger charge is -2.31. The van der Waals surface area contributed by atoms with Crippen molar-refractivity contribution < 1.29 is 0 Å².